The quantitative estimate of drug-likeness (QED) is 0.383. The van der Waals surface area contributed by atoms with Gasteiger partial charge in [0.15, 0.2) is 11.5 Å². The van der Waals surface area contributed by atoms with Crippen LogP contribution in [0.1, 0.15) is 25.4 Å². The zero-order valence-electron chi connectivity index (χ0n) is 18.7. The molecule has 0 aliphatic carbocycles. The topological polar surface area (TPSA) is 113 Å². The summed E-state index contributed by atoms with van der Waals surface area (Å²) in [6.07, 6.45) is -3.43. The lowest BCUT2D eigenvalue weighted by atomic mass is 10.0. The van der Waals surface area contributed by atoms with E-state index >= 15 is 0 Å². The molecule has 17 heavy (non-hydrogen) atoms. The van der Waals surface area contributed by atoms with Gasteiger partial charge in [-0.25, -0.2) is 0 Å². The summed E-state index contributed by atoms with van der Waals surface area (Å²) in [4.78, 5) is 12.2. The Hall–Kier alpha value is -1.79. The van der Waals surface area contributed by atoms with Crippen molar-refractivity contribution in [1.82, 2.24) is 0 Å². The number of hydrogen-bond donors (Lipinski definition) is 4. The minimum Gasteiger partial charge on any atom is -0.504 e. The van der Waals surface area contributed by atoms with E-state index in [-0.39, 0.29) is 6.61 Å². The van der Waals surface area contributed by atoms with Crippen LogP contribution in [0.4, 0.5) is 0 Å². The molecule has 0 saturated heterocycles. The maximum absolute atomic E-state index is 12.2. The van der Waals surface area contributed by atoms with Crippen molar-refractivity contribution in [2.45, 2.75) is 19.0 Å². The molecule has 0 fully saturated rings. The van der Waals surface area contributed by atoms with Gasteiger partial charge in [0, 0.05) is 0 Å². The van der Waals surface area contributed by atoms with Crippen LogP contribution in [0, 0.1) is 0 Å². The van der Waals surface area contributed by atoms with Crippen LogP contribution in [0.2, 0.25) is 2.82 Å². The molecule has 0 amide bonds. The molecular weight excluding hydrogens is 226 g/mol. The van der Waals surface area contributed by atoms with Gasteiger partial charge < -0.3 is 25.8 Å². The molecule has 94 valence electrons. The Morgan fingerprint density at radius 1 is 1.71 bits per heavy atom. The van der Waals surface area contributed by atoms with E-state index in [1.165, 1.54) is 6.92 Å². The van der Waals surface area contributed by atoms with Gasteiger partial charge in [-0.3, -0.25) is 4.79 Å². The fraction of sp³-hybridized carbons (Fsp3) is 0.364. The minimum absolute atomic E-state index is 0.320. The first-order chi connectivity index (χ1) is 12.5. The predicted molar refractivity (Wildman–Crippen MR) is 59.3 cm³/mol. The Kier molecular flexibility index (Phi) is 1.57. The van der Waals surface area contributed by atoms with Crippen molar-refractivity contribution < 1.29 is 34.5 Å². The Morgan fingerprint density at radius 3 is 3.12 bits per heavy atom. The van der Waals surface area contributed by atoms with E-state index in [0.717, 1.165) is 0 Å². The lowest BCUT2D eigenvalue weighted by Gasteiger charge is -2.17. The number of aliphatic hydroxyl groups is 1. The van der Waals surface area contributed by atoms with Crippen LogP contribution in [-0.4, -0.2) is 38.2 Å². The van der Waals surface area contributed by atoms with Gasteiger partial charge in [0.2, 0.25) is 1.43 Å². The maximum Gasteiger partial charge on any atom is 0.325 e. The lowest BCUT2D eigenvalue weighted by Crippen LogP contribution is -2.38. The van der Waals surface area contributed by atoms with Gasteiger partial charge >= 0.3 is 5.97 Å². The van der Waals surface area contributed by atoms with E-state index < -0.39 is 59.0 Å². The van der Waals surface area contributed by atoms with E-state index in [9.17, 15) is 4.79 Å². The Morgan fingerprint density at radius 2 is 2.53 bits per heavy atom. The molecule has 5 N–H and O–H groups in total. The van der Waals surface area contributed by atoms with Crippen molar-refractivity contribution >= 4 is 5.97 Å². The molecule has 0 unspecified atom stereocenters. The molecule has 0 spiro atoms. The third-order valence-corrected chi connectivity index (χ3v) is 1.66. The van der Waals surface area contributed by atoms with Gasteiger partial charge in [0.25, 0.3) is 2.86 Å². The number of ether oxygens (including phenoxy) is 1. The SMILES string of the molecule is [2H]Oc1c([2H])c([2H])c([C@@]([2H])(O[2H])[C@@]([2H])(C(=O)OCC)N([2H])[2H])c([2H])c1O[2H]. The fourth-order valence-electron chi connectivity index (χ4n) is 0.902. The van der Waals surface area contributed by atoms with E-state index in [1.54, 1.807) is 0 Å². The predicted octanol–water partition coefficient (Wildman–Crippen LogP) is 0.0216. The Balaban J connectivity index is 3.97. The van der Waals surface area contributed by atoms with Crippen LogP contribution in [0.5, 0.6) is 11.5 Å². The highest BCUT2D eigenvalue weighted by molar-refractivity contribution is 5.76. The molecule has 6 nitrogen and oxygen atoms in total. The number of carbonyl (C=O) groups is 1. The van der Waals surface area contributed by atoms with E-state index in [4.69, 9.17) is 14.0 Å². The lowest BCUT2D eigenvalue weighted by molar-refractivity contribution is -0.147. The molecule has 0 aliphatic heterocycles. The fourth-order valence-corrected chi connectivity index (χ4v) is 0.902. The van der Waals surface area contributed by atoms with Gasteiger partial charge in [0.05, 0.1) is 13.5 Å². The van der Waals surface area contributed by atoms with Crippen molar-refractivity contribution in [3.8, 4) is 11.5 Å². The molecule has 1 rings (SSSR count). The van der Waals surface area contributed by atoms with E-state index in [1.807, 2.05) is 0 Å². The summed E-state index contributed by atoms with van der Waals surface area (Å²) in [6.45, 7) is 1.02. The van der Waals surface area contributed by atoms with Gasteiger partial charge in [-0.15, -0.1) is 0 Å². The van der Waals surface area contributed by atoms with Crippen LogP contribution < -0.4 is 5.72 Å². The van der Waals surface area contributed by atoms with Gasteiger partial charge in [-0.2, -0.15) is 0 Å². The van der Waals surface area contributed by atoms with Gasteiger partial charge in [-0.1, -0.05) is 6.04 Å². The Labute approximate surface area is 113 Å². The molecule has 0 saturated carbocycles. The second-order valence-corrected chi connectivity index (χ2v) is 2.81. The maximum atomic E-state index is 12.2. The number of aromatic hydroxyl groups is 2. The van der Waals surface area contributed by atoms with Crippen molar-refractivity contribution in [2.24, 2.45) is 5.72 Å². The molecular formula is C11H15NO5. The molecule has 6 heteroatoms. The van der Waals surface area contributed by atoms with E-state index in [2.05, 4.69) is 20.1 Å². The van der Waals surface area contributed by atoms with Crippen molar-refractivity contribution in [3.05, 3.63) is 23.7 Å². The van der Waals surface area contributed by atoms with E-state index in [0.29, 0.717) is 0 Å². The minimum atomic E-state index is -3.44. The molecule has 1 aromatic carbocycles. The molecule has 0 aromatic heterocycles. The number of phenolic OH excluding ortho intramolecular Hbond substituents is 2. The summed E-state index contributed by atoms with van der Waals surface area (Å²) >= 11 is 0. The molecule has 0 radical (unpaired) electrons. The molecule has 0 aliphatic rings. The first-order valence-corrected chi connectivity index (χ1v) is 4.49. The van der Waals surface area contributed by atoms with Crippen molar-refractivity contribution in [1.29, 1.82) is 4.29 Å². The second-order valence-electron chi connectivity index (χ2n) is 2.81. The highest BCUT2D eigenvalue weighted by atomic mass is 16.5. The summed E-state index contributed by atoms with van der Waals surface area (Å²) < 4.78 is 80.3. The zero-order valence-corrected chi connectivity index (χ0v) is 8.70. The number of phenols is 2. The third-order valence-electron chi connectivity index (χ3n) is 1.66. The second kappa shape index (κ2) is 5.51. The molecule has 0 bridgehead atoms. The highest BCUT2D eigenvalue weighted by Gasteiger charge is 2.25. The van der Waals surface area contributed by atoms with Crippen molar-refractivity contribution in [3.63, 3.8) is 0 Å². The summed E-state index contributed by atoms with van der Waals surface area (Å²) in [5.41, 5.74) is -1.72. The monoisotopic (exact) mass is 251 g/mol. The first kappa shape index (κ1) is 4.83. The summed E-state index contributed by atoms with van der Waals surface area (Å²) in [6, 6.07) is -6.57. The highest BCUT2D eigenvalue weighted by Crippen LogP contribution is 2.28. The molecule has 2 atom stereocenters. The molecule has 1 aromatic rings. The van der Waals surface area contributed by atoms with Crippen LogP contribution in [0.3, 0.4) is 0 Å². The van der Waals surface area contributed by atoms with Gasteiger partial charge in [0.1, 0.15) is 14.9 Å². The normalized spacial score (nSPS) is 25.8. The summed E-state index contributed by atoms with van der Waals surface area (Å²) in [7, 11) is 0. The summed E-state index contributed by atoms with van der Waals surface area (Å²) in [5, 5.41) is 12.3. The van der Waals surface area contributed by atoms with Crippen LogP contribution in [-0.2, 0) is 9.53 Å². The Bertz CT molecular complexity index is 722. The average molecular weight is 251 g/mol. The standard InChI is InChI=1S/C11H15NO5/c1-2-17-11(16)9(12)10(15)6-3-4-7(13)8(14)5-6/h3-5,9-10,13-15H,2,12H2,1H3/t9-,10+/m0/s1/i3D,4D,5D,9D,10D,15D/hD4. The number of benzene rings is 1. The number of nitrogens with two attached hydrogens (primary N) is 1. The molecule has 0 heterocycles. The number of carbonyl (C=O) groups excluding carboxylic acids is 1. The largest absolute Gasteiger partial charge is 0.504 e. The van der Waals surface area contributed by atoms with Crippen LogP contribution >= 0.6 is 0 Å². The summed E-state index contributed by atoms with van der Waals surface area (Å²) in [5.74, 6) is -3.43. The average Bonchev–Trinajstić information content (AvgIpc) is 2.63. The van der Waals surface area contributed by atoms with Crippen LogP contribution in [0.15, 0.2) is 18.1 Å². The van der Waals surface area contributed by atoms with Crippen molar-refractivity contribution in [2.75, 3.05) is 6.61 Å². The number of hydrogen-bond acceptors (Lipinski definition) is 6. The zero-order chi connectivity index (χ0) is 21.2. The number of rotatable bonds is 8. The number of esters is 1. The third kappa shape index (κ3) is 3.08. The van der Waals surface area contributed by atoms with Crippen LogP contribution in [0.25, 0.3) is 0 Å². The van der Waals surface area contributed by atoms with Gasteiger partial charge in [-0.05, 0) is 24.6 Å². The smallest absolute Gasteiger partial charge is 0.325 e. The first-order valence-electron chi connectivity index (χ1n) is 9.11.